The van der Waals surface area contributed by atoms with Crippen LogP contribution in [-0.4, -0.2) is 54.8 Å². The van der Waals surface area contributed by atoms with E-state index in [1.54, 1.807) is 23.1 Å². The van der Waals surface area contributed by atoms with E-state index in [2.05, 4.69) is 4.90 Å². The molecule has 2 aliphatic heterocycles. The molecule has 4 rings (SSSR count). The number of piperazine rings is 1. The minimum atomic E-state index is -0.372. The molecule has 150 valence electrons. The molecule has 29 heavy (non-hydrogen) atoms. The molecule has 1 saturated heterocycles. The zero-order valence-electron chi connectivity index (χ0n) is 16.9. The van der Waals surface area contributed by atoms with Gasteiger partial charge in [-0.15, -0.1) is 0 Å². The van der Waals surface area contributed by atoms with Crippen molar-refractivity contribution in [1.29, 1.82) is 0 Å². The van der Waals surface area contributed by atoms with Gasteiger partial charge in [-0.1, -0.05) is 0 Å². The molecule has 2 aromatic rings. The lowest BCUT2D eigenvalue weighted by molar-refractivity contribution is -0.127. The first-order valence-electron chi connectivity index (χ1n) is 9.76. The van der Waals surface area contributed by atoms with Crippen LogP contribution in [0, 0.1) is 19.7 Å². The summed E-state index contributed by atoms with van der Waals surface area (Å²) in [5.74, 6) is -0.685. The average Bonchev–Trinajstić information content (AvgIpc) is 2.95. The highest BCUT2D eigenvalue weighted by molar-refractivity contribution is 6.24. The number of amides is 2. The number of anilines is 1. The fourth-order valence-electron chi connectivity index (χ4n) is 3.78. The predicted molar refractivity (Wildman–Crippen MR) is 111 cm³/mol. The number of rotatable bonds is 2. The summed E-state index contributed by atoms with van der Waals surface area (Å²) in [6, 6.07) is 9.59. The van der Waals surface area contributed by atoms with Crippen LogP contribution in [0.1, 0.15) is 27.0 Å². The number of carbonyl (C=O) groups is 2. The lowest BCUT2D eigenvalue weighted by Gasteiger charge is -2.32. The van der Waals surface area contributed by atoms with Crippen LogP contribution in [-0.2, 0) is 4.79 Å². The van der Waals surface area contributed by atoms with Crippen molar-refractivity contribution in [3.63, 3.8) is 0 Å². The minimum absolute atomic E-state index is 0.112. The van der Waals surface area contributed by atoms with Gasteiger partial charge >= 0.3 is 0 Å². The Morgan fingerprint density at radius 1 is 0.966 bits per heavy atom. The molecule has 0 radical (unpaired) electrons. The van der Waals surface area contributed by atoms with Crippen molar-refractivity contribution in [3.05, 3.63) is 70.5 Å². The van der Waals surface area contributed by atoms with Gasteiger partial charge < -0.3 is 9.80 Å². The number of likely N-dealkylation sites (N-methyl/N-ethyl adjacent to an activating group) is 1. The number of nitrogens with zero attached hydrogens (tertiary/aromatic N) is 3. The Hall–Kier alpha value is -2.99. The monoisotopic (exact) mass is 393 g/mol. The fraction of sp³-hybridized carbons (Fsp3) is 0.304. The Balaban J connectivity index is 1.78. The number of hydrogen-bond donors (Lipinski definition) is 0. The number of benzene rings is 2. The quantitative estimate of drug-likeness (QED) is 0.736. The van der Waals surface area contributed by atoms with E-state index in [4.69, 9.17) is 0 Å². The third-order valence-corrected chi connectivity index (χ3v) is 5.74. The van der Waals surface area contributed by atoms with Crippen LogP contribution in [0.4, 0.5) is 10.1 Å². The second-order valence-corrected chi connectivity index (χ2v) is 7.76. The third-order valence-electron chi connectivity index (χ3n) is 5.74. The molecular weight excluding hydrogens is 369 g/mol. The molecule has 6 heteroatoms. The third kappa shape index (κ3) is 3.56. The molecule has 0 N–H and O–H groups in total. The number of carbonyl (C=O) groups excluding carboxylic acids is 2. The summed E-state index contributed by atoms with van der Waals surface area (Å²) in [5.41, 5.74) is 4.46. The second kappa shape index (κ2) is 7.44. The van der Waals surface area contributed by atoms with Gasteiger partial charge in [0.1, 0.15) is 5.82 Å². The molecule has 1 fully saturated rings. The van der Waals surface area contributed by atoms with Gasteiger partial charge in [0, 0.05) is 49.1 Å². The molecule has 2 heterocycles. The number of fused-ring (bicyclic) bond motifs is 1. The van der Waals surface area contributed by atoms with Crippen molar-refractivity contribution in [2.24, 2.45) is 0 Å². The maximum Gasteiger partial charge on any atom is 0.263 e. The molecule has 5 nitrogen and oxygen atoms in total. The van der Waals surface area contributed by atoms with Gasteiger partial charge in [-0.2, -0.15) is 0 Å². The van der Waals surface area contributed by atoms with Crippen LogP contribution in [0.3, 0.4) is 0 Å². The van der Waals surface area contributed by atoms with E-state index >= 15 is 0 Å². The highest BCUT2D eigenvalue weighted by Gasteiger charge is 2.35. The van der Waals surface area contributed by atoms with Crippen molar-refractivity contribution in [1.82, 2.24) is 9.80 Å². The molecule has 0 atom stereocenters. The van der Waals surface area contributed by atoms with E-state index in [-0.39, 0.29) is 17.6 Å². The first-order valence-corrected chi connectivity index (χ1v) is 9.76. The van der Waals surface area contributed by atoms with Crippen molar-refractivity contribution in [2.45, 2.75) is 13.8 Å². The minimum Gasteiger partial charge on any atom is -0.337 e. The van der Waals surface area contributed by atoms with E-state index in [0.29, 0.717) is 30.0 Å². The van der Waals surface area contributed by atoms with Gasteiger partial charge in [0.2, 0.25) is 5.91 Å². The predicted octanol–water partition coefficient (Wildman–Crippen LogP) is 3.22. The first-order chi connectivity index (χ1) is 13.8. The van der Waals surface area contributed by atoms with Crippen LogP contribution in [0.15, 0.2) is 42.5 Å². The molecule has 0 spiro atoms. The van der Waals surface area contributed by atoms with Crippen molar-refractivity contribution in [2.75, 3.05) is 38.1 Å². The van der Waals surface area contributed by atoms with E-state index in [1.165, 1.54) is 17.0 Å². The van der Waals surface area contributed by atoms with Gasteiger partial charge in [-0.05, 0) is 68.4 Å². The number of aryl methyl sites for hydroxylation is 2. The zero-order valence-corrected chi connectivity index (χ0v) is 16.9. The van der Waals surface area contributed by atoms with Crippen molar-refractivity contribution >= 4 is 23.2 Å². The Kier molecular flexibility index (Phi) is 4.96. The largest absolute Gasteiger partial charge is 0.337 e. The Bertz CT molecular complexity index is 1010. The summed E-state index contributed by atoms with van der Waals surface area (Å²) >= 11 is 0. The first kappa shape index (κ1) is 19.3. The summed E-state index contributed by atoms with van der Waals surface area (Å²) in [6.45, 7) is 6.91. The van der Waals surface area contributed by atoms with Crippen LogP contribution >= 0.6 is 0 Å². The second-order valence-electron chi connectivity index (χ2n) is 7.76. The van der Waals surface area contributed by atoms with Crippen LogP contribution < -0.4 is 4.90 Å². The smallest absolute Gasteiger partial charge is 0.263 e. The maximum atomic E-state index is 13.4. The van der Waals surface area contributed by atoms with Crippen LogP contribution in [0.25, 0.3) is 5.70 Å². The highest BCUT2D eigenvalue weighted by atomic mass is 19.1. The average molecular weight is 393 g/mol. The molecule has 0 unspecified atom stereocenters. The van der Waals surface area contributed by atoms with E-state index in [0.717, 1.165) is 29.8 Å². The lowest BCUT2D eigenvalue weighted by atomic mass is 10.00. The molecule has 0 bridgehead atoms. The standard InChI is InChI=1S/C23H24FN3O2/c1-15-12-19-20(13-16(15)2)23(29)27(18-6-4-17(24)5-7-18)21(19)14-22(28)26-10-8-25(3)9-11-26/h4-7,12-14H,8-11H2,1-3H3/b21-14-. The topological polar surface area (TPSA) is 43.9 Å². The summed E-state index contributed by atoms with van der Waals surface area (Å²) in [6.07, 6.45) is 1.55. The Morgan fingerprint density at radius 3 is 2.17 bits per heavy atom. The Morgan fingerprint density at radius 2 is 1.55 bits per heavy atom. The van der Waals surface area contributed by atoms with E-state index < -0.39 is 0 Å². The van der Waals surface area contributed by atoms with Gasteiger partial charge in [0.15, 0.2) is 0 Å². The van der Waals surface area contributed by atoms with E-state index in [9.17, 15) is 14.0 Å². The molecule has 0 aliphatic carbocycles. The van der Waals surface area contributed by atoms with E-state index in [1.807, 2.05) is 33.0 Å². The fourth-order valence-corrected chi connectivity index (χ4v) is 3.78. The van der Waals surface area contributed by atoms with Crippen molar-refractivity contribution < 1.29 is 14.0 Å². The summed E-state index contributed by atoms with van der Waals surface area (Å²) < 4.78 is 13.4. The zero-order chi connectivity index (χ0) is 20.7. The van der Waals surface area contributed by atoms with Gasteiger partial charge in [0.25, 0.3) is 5.91 Å². The normalized spacial score (nSPS) is 18.5. The molecule has 2 aromatic carbocycles. The lowest BCUT2D eigenvalue weighted by Crippen LogP contribution is -2.46. The maximum absolute atomic E-state index is 13.4. The van der Waals surface area contributed by atoms with Gasteiger partial charge in [0.05, 0.1) is 5.70 Å². The van der Waals surface area contributed by atoms with Crippen LogP contribution in [0.5, 0.6) is 0 Å². The molecule has 0 aromatic heterocycles. The summed E-state index contributed by atoms with van der Waals surface area (Å²) in [4.78, 5) is 31.7. The highest BCUT2D eigenvalue weighted by Crippen LogP contribution is 2.38. The molecule has 2 aliphatic rings. The summed E-state index contributed by atoms with van der Waals surface area (Å²) in [5, 5.41) is 0. The van der Waals surface area contributed by atoms with Gasteiger partial charge in [-0.3, -0.25) is 14.5 Å². The molecular formula is C23H24FN3O2. The van der Waals surface area contributed by atoms with Crippen LogP contribution in [0.2, 0.25) is 0 Å². The molecule has 2 amide bonds. The number of halogens is 1. The Labute approximate surface area is 170 Å². The SMILES string of the molecule is Cc1cc2c(cc1C)/C(=C/C(=O)N1CCN(C)CC1)N(c1ccc(F)cc1)C2=O. The summed E-state index contributed by atoms with van der Waals surface area (Å²) in [7, 11) is 2.04. The van der Waals surface area contributed by atoms with Crippen molar-refractivity contribution in [3.8, 4) is 0 Å². The van der Waals surface area contributed by atoms with Gasteiger partial charge in [-0.25, -0.2) is 4.39 Å². The molecule has 0 saturated carbocycles. The number of hydrogen-bond acceptors (Lipinski definition) is 3.